The molecule has 5 rings (SSSR count). The Morgan fingerprint density at radius 3 is 2.57 bits per heavy atom. The van der Waals surface area contributed by atoms with Crippen molar-refractivity contribution >= 4 is 28.5 Å². The smallest absolute Gasteiger partial charge is 0.265 e. The van der Waals surface area contributed by atoms with E-state index >= 15 is 4.39 Å². The molecular weight excluding hydrogens is 567 g/mol. The Labute approximate surface area is 244 Å². The van der Waals surface area contributed by atoms with E-state index in [1.807, 2.05) is 31.9 Å². The molecule has 2 aliphatic heterocycles. The molecule has 3 atom stereocenters. The molecule has 4 heterocycles. The van der Waals surface area contributed by atoms with E-state index in [0.29, 0.717) is 47.2 Å². The minimum absolute atomic E-state index is 0.0250. The first kappa shape index (κ1) is 29.5. The summed E-state index contributed by atoms with van der Waals surface area (Å²) in [6.45, 7) is 5.28. The first-order valence-corrected chi connectivity index (χ1v) is 14.2. The minimum atomic E-state index is -3.20. The Kier molecular flexibility index (Phi) is 8.23. The third-order valence-corrected chi connectivity index (χ3v) is 9.10. The number of amides is 1. The van der Waals surface area contributed by atoms with E-state index in [0.717, 1.165) is 12.3 Å². The number of nitrogens with two attached hydrogens (primary N) is 1. The highest BCUT2D eigenvalue weighted by Crippen LogP contribution is 2.45. The van der Waals surface area contributed by atoms with E-state index < -0.39 is 40.4 Å². The van der Waals surface area contributed by atoms with Crippen molar-refractivity contribution in [2.24, 2.45) is 5.73 Å². The molecule has 1 fully saturated rings. The largest absolute Gasteiger partial charge is 0.367 e. The van der Waals surface area contributed by atoms with Crippen molar-refractivity contribution in [2.45, 2.75) is 44.8 Å². The molecule has 1 saturated heterocycles. The van der Waals surface area contributed by atoms with Gasteiger partial charge in [-0.1, -0.05) is 6.08 Å². The van der Waals surface area contributed by atoms with Crippen LogP contribution in [0, 0.1) is 17.1 Å². The van der Waals surface area contributed by atoms with Gasteiger partial charge in [0.25, 0.3) is 17.9 Å². The minimum Gasteiger partial charge on any atom is -0.367 e. The van der Waals surface area contributed by atoms with E-state index in [-0.39, 0.29) is 29.3 Å². The number of primary amides is 1. The maximum Gasteiger partial charge on any atom is 0.265 e. The average Bonchev–Trinajstić information content (AvgIpc) is 3.45. The zero-order valence-corrected chi connectivity index (χ0v) is 24.1. The predicted octanol–water partition coefficient (Wildman–Crippen LogP) is 4.19. The van der Waals surface area contributed by atoms with Crippen LogP contribution < -0.4 is 21.5 Å². The summed E-state index contributed by atoms with van der Waals surface area (Å²) in [7, 11) is 1.99. The summed E-state index contributed by atoms with van der Waals surface area (Å²) in [5, 5.41) is 13.2. The predicted molar refractivity (Wildman–Crippen MR) is 155 cm³/mol. The summed E-state index contributed by atoms with van der Waals surface area (Å²) in [5.41, 5.74) is 4.08. The lowest BCUT2D eigenvalue weighted by molar-refractivity contribution is 0.0986. The molecular formula is C29H30F3N7O2S. The number of aromatic amines is 1. The lowest BCUT2D eigenvalue weighted by Crippen LogP contribution is -2.55. The number of benzene rings is 1. The van der Waals surface area contributed by atoms with E-state index in [1.54, 1.807) is 0 Å². The molecule has 1 amide bonds. The number of H-pyrrole nitrogens is 1. The molecule has 3 aromatic rings. The van der Waals surface area contributed by atoms with Gasteiger partial charge < -0.3 is 20.9 Å². The van der Waals surface area contributed by atoms with Gasteiger partial charge in [-0.05, 0) is 45.0 Å². The van der Waals surface area contributed by atoms with Crippen molar-refractivity contribution in [3.05, 3.63) is 73.3 Å². The highest BCUT2D eigenvalue weighted by Gasteiger charge is 2.35. The second-order valence-electron chi connectivity index (χ2n) is 10.6. The van der Waals surface area contributed by atoms with Crippen LogP contribution in [0.15, 0.2) is 35.4 Å². The lowest BCUT2D eigenvalue weighted by Gasteiger charge is -2.45. The van der Waals surface area contributed by atoms with Crippen LogP contribution in [0.25, 0.3) is 16.7 Å². The van der Waals surface area contributed by atoms with Gasteiger partial charge in [0.05, 0.1) is 29.1 Å². The number of pyridine rings is 1. The summed E-state index contributed by atoms with van der Waals surface area (Å²) < 4.78 is 45.2. The fourth-order valence-electron chi connectivity index (χ4n) is 5.81. The number of hydrogen-bond donors (Lipinski definition) is 3. The van der Waals surface area contributed by atoms with Gasteiger partial charge >= 0.3 is 0 Å². The fraction of sp³-hybridized carbons (Fsp3) is 0.379. The molecule has 42 heavy (non-hydrogen) atoms. The highest BCUT2D eigenvalue weighted by molar-refractivity contribution is 7.12. The van der Waals surface area contributed by atoms with Crippen molar-refractivity contribution < 1.29 is 18.0 Å². The second kappa shape index (κ2) is 11.7. The zero-order valence-electron chi connectivity index (χ0n) is 23.2. The summed E-state index contributed by atoms with van der Waals surface area (Å²) in [6, 6.07) is 4.30. The number of nitrogens with zero attached hydrogens (tertiary/aromatic N) is 4. The number of likely N-dealkylation sites (N-methyl/N-ethyl adjacent to an activating group) is 1. The number of nitriles is 1. The van der Waals surface area contributed by atoms with Crippen LogP contribution in [0.1, 0.15) is 64.1 Å². The zero-order chi connectivity index (χ0) is 30.3. The number of thiazole rings is 1. The molecule has 0 bridgehead atoms. The van der Waals surface area contributed by atoms with Crippen LogP contribution in [0.2, 0.25) is 0 Å². The van der Waals surface area contributed by atoms with Crippen molar-refractivity contribution in [3.63, 3.8) is 0 Å². The van der Waals surface area contributed by atoms with E-state index in [4.69, 9.17) is 5.73 Å². The van der Waals surface area contributed by atoms with Gasteiger partial charge in [0.15, 0.2) is 0 Å². The Morgan fingerprint density at radius 1 is 1.24 bits per heavy atom. The first-order chi connectivity index (χ1) is 20.0. The molecule has 0 aliphatic carbocycles. The molecule has 4 N–H and O–H groups in total. The van der Waals surface area contributed by atoms with Gasteiger partial charge in [0, 0.05) is 54.6 Å². The molecule has 220 valence electrons. The van der Waals surface area contributed by atoms with E-state index in [1.165, 1.54) is 23.6 Å². The van der Waals surface area contributed by atoms with Gasteiger partial charge in [0.2, 0.25) is 0 Å². The Balaban J connectivity index is 1.75. The standard InChI is InChI=1S/C29H30F3N7O2S/c1-14-12-39(13-15(2)38(14)3)25-18(24-23(26(31)32)19(27(34)40)11-36-28(24)41)4-5-20(30)22(25)16-6-7-35-21(8-16)29-37-10-17(9-33)42-29/h4-6,10-11,14-15,21,26,35H,7-8,12-13H2,1-3H3,(H2,34,40)(H,36,41)/t14-,15+,21?. The Bertz CT molecular complexity index is 1650. The van der Waals surface area contributed by atoms with Crippen LogP contribution in [-0.2, 0) is 0 Å². The monoisotopic (exact) mass is 597 g/mol. The average molecular weight is 598 g/mol. The number of rotatable bonds is 6. The van der Waals surface area contributed by atoms with Gasteiger partial charge in [0.1, 0.15) is 21.8 Å². The SMILES string of the molecule is C[C@@H]1CN(c2c(-c3c(C(F)F)c(C(N)=O)c[nH]c3=O)ccc(F)c2C2=CCNC(c3ncc(C#N)s3)C2)C[C@H](C)N1C. The molecule has 0 saturated carbocycles. The molecule has 0 radical (unpaired) electrons. The summed E-state index contributed by atoms with van der Waals surface area (Å²) >= 11 is 1.24. The number of carbonyl (C=O) groups is 1. The molecule has 2 aromatic heterocycles. The normalized spacial score (nSPS) is 21.3. The quantitative estimate of drug-likeness (QED) is 0.388. The van der Waals surface area contributed by atoms with Crippen LogP contribution in [-0.4, -0.2) is 59.5 Å². The maximum absolute atomic E-state index is 16.0. The topological polar surface area (TPSA) is 131 Å². The molecule has 0 spiro atoms. The summed E-state index contributed by atoms with van der Waals surface area (Å²) in [4.78, 5) is 36.7. The van der Waals surface area contributed by atoms with Crippen LogP contribution in [0.3, 0.4) is 0 Å². The van der Waals surface area contributed by atoms with Gasteiger partial charge in [-0.25, -0.2) is 18.2 Å². The number of hydrogen-bond acceptors (Lipinski definition) is 8. The molecule has 13 heteroatoms. The number of alkyl halides is 2. The van der Waals surface area contributed by atoms with Crippen LogP contribution in [0.5, 0.6) is 0 Å². The van der Waals surface area contributed by atoms with Gasteiger partial charge in [-0.3, -0.25) is 14.5 Å². The number of piperazine rings is 1. The highest BCUT2D eigenvalue weighted by atomic mass is 32.1. The van der Waals surface area contributed by atoms with Crippen LogP contribution >= 0.6 is 11.3 Å². The number of halogens is 3. The Morgan fingerprint density at radius 2 is 1.95 bits per heavy atom. The number of carbonyl (C=O) groups excluding carboxylic acids is 1. The third-order valence-electron chi connectivity index (χ3n) is 8.08. The fourth-order valence-corrected chi connectivity index (χ4v) is 6.60. The second-order valence-corrected chi connectivity index (χ2v) is 11.7. The maximum atomic E-state index is 16.0. The van der Waals surface area contributed by atoms with Gasteiger partial charge in [-0.2, -0.15) is 5.26 Å². The molecule has 9 nitrogen and oxygen atoms in total. The van der Waals surface area contributed by atoms with E-state index in [2.05, 4.69) is 26.3 Å². The summed E-state index contributed by atoms with van der Waals surface area (Å²) in [5.74, 6) is -1.68. The number of nitrogens with one attached hydrogen (secondary N) is 2. The Hall–Kier alpha value is -3.99. The number of anilines is 1. The molecule has 2 aliphatic rings. The molecule has 1 unspecified atom stereocenters. The van der Waals surface area contributed by atoms with Crippen LogP contribution in [0.4, 0.5) is 18.9 Å². The number of aromatic nitrogens is 2. The van der Waals surface area contributed by atoms with Crippen molar-refractivity contribution in [3.8, 4) is 17.2 Å². The molecule has 1 aromatic carbocycles. The van der Waals surface area contributed by atoms with E-state index in [9.17, 15) is 23.6 Å². The first-order valence-electron chi connectivity index (χ1n) is 13.4. The third kappa shape index (κ3) is 5.33. The van der Waals surface area contributed by atoms with Crippen molar-refractivity contribution in [1.82, 2.24) is 20.2 Å². The van der Waals surface area contributed by atoms with Crippen molar-refractivity contribution in [1.29, 1.82) is 5.26 Å². The van der Waals surface area contributed by atoms with Gasteiger partial charge in [-0.15, -0.1) is 11.3 Å². The van der Waals surface area contributed by atoms with Crippen molar-refractivity contribution in [2.75, 3.05) is 31.6 Å². The lowest BCUT2D eigenvalue weighted by atomic mass is 9.87. The summed E-state index contributed by atoms with van der Waals surface area (Å²) in [6.07, 6.45) is 1.33.